The van der Waals surface area contributed by atoms with E-state index in [9.17, 15) is 14.0 Å². The zero-order valence-electron chi connectivity index (χ0n) is 12.8. The number of nitrogens with one attached hydrogen (secondary N) is 1. The highest BCUT2D eigenvalue weighted by atomic mass is 19.1. The molecule has 1 aromatic carbocycles. The SMILES string of the molecule is C[C@H](OC(=O)Cc1ccc(F)cc1)C(=O)NC1CCCCC1. The molecule has 5 heteroatoms. The molecule has 0 aromatic heterocycles. The van der Waals surface area contributed by atoms with Gasteiger partial charge in [-0.25, -0.2) is 4.39 Å². The molecule has 0 heterocycles. The quantitative estimate of drug-likeness (QED) is 0.851. The number of ether oxygens (including phenoxy) is 1. The zero-order valence-corrected chi connectivity index (χ0v) is 12.8. The third-order valence-electron chi connectivity index (χ3n) is 3.89. The average Bonchev–Trinajstić information content (AvgIpc) is 2.50. The highest BCUT2D eigenvalue weighted by Gasteiger charge is 2.22. The Labute approximate surface area is 130 Å². The van der Waals surface area contributed by atoms with Gasteiger partial charge in [0, 0.05) is 6.04 Å². The third-order valence-corrected chi connectivity index (χ3v) is 3.89. The summed E-state index contributed by atoms with van der Waals surface area (Å²) in [7, 11) is 0. The number of carbonyl (C=O) groups excluding carboxylic acids is 2. The lowest BCUT2D eigenvalue weighted by Crippen LogP contribution is -2.42. The molecule has 0 saturated heterocycles. The molecule has 1 amide bonds. The fourth-order valence-electron chi connectivity index (χ4n) is 2.63. The number of amides is 1. The normalized spacial score (nSPS) is 16.8. The Morgan fingerprint density at radius 1 is 1.23 bits per heavy atom. The second-order valence-corrected chi connectivity index (χ2v) is 5.78. The molecule has 0 spiro atoms. The molecule has 2 rings (SSSR count). The van der Waals surface area contributed by atoms with E-state index >= 15 is 0 Å². The summed E-state index contributed by atoms with van der Waals surface area (Å²) in [4.78, 5) is 23.8. The van der Waals surface area contributed by atoms with E-state index in [-0.39, 0.29) is 24.2 Å². The lowest BCUT2D eigenvalue weighted by molar-refractivity contribution is -0.154. The van der Waals surface area contributed by atoms with Crippen molar-refractivity contribution in [2.75, 3.05) is 0 Å². The second-order valence-electron chi connectivity index (χ2n) is 5.78. The van der Waals surface area contributed by atoms with Crippen molar-refractivity contribution in [1.82, 2.24) is 5.32 Å². The molecule has 1 N–H and O–H groups in total. The summed E-state index contributed by atoms with van der Waals surface area (Å²) < 4.78 is 17.9. The summed E-state index contributed by atoms with van der Waals surface area (Å²) >= 11 is 0. The van der Waals surface area contributed by atoms with Crippen LogP contribution in [0.5, 0.6) is 0 Å². The molecule has 22 heavy (non-hydrogen) atoms. The largest absolute Gasteiger partial charge is 0.452 e. The lowest BCUT2D eigenvalue weighted by atomic mass is 9.95. The van der Waals surface area contributed by atoms with E-state index in [0.717, 1.165) is 25.7 Å². The van der Waals surface area contributed by atoms with Crippen LogP contribution in [-0.4, -0.2) is 24.0 Å². The van der Waals surface area contributed by atoms with Gasteiger partial charge in [0.15, 0.2) is 6.10 Å². The standard InChI is InChI=1S/C17H22FNO3/c1-12(17(21)19-15-5-3-2-4-6-15)22-16(20)11-13-7-9-14(18)10-8-13/h7-10,12,15H,2-6,11H2,1H3,(H,19,21)/t12-/m0/s1. The number of halogens is 1. The summed E-state index contributed by atoms with van der Waals surface area (Å²) in [5.74, 6) is -1.09. The van der Waals surface area contributed by atoms with E-state index in [2.05, 4.69) is 5.32 Å². The first kappa shape index (κ1) is 16.5. The number of esters is 1. The Morgan fingerprint density at radius 2 is 1.86 bits per heavy atom. The number of carbonyl (C=O) groups is 2. The molecule has 0 radical (unpaired) electrons. The van der Waals surface area contributed by atoms with Gasteiger partial charge >= 0.3 is 5.97 Å². The first-order valence-electron chi connectivity index (χ1n) is 7.79. The molecular weight excluding hydrogens is 285 g/mol. The van der Waals surface area contributed by atoms with Crippen LogP contribution in [0.1, 0.15) is 44.6 Å². The van der Waals surface area contributed by atoms with Gasteiger partial charge in [-0.2, -0.15) is 0 Å². The smallest absolute Gasteiger partial charge is 0.311 e. The van der Waals surface area contributed by atoms with Crippen molar-refractivity contribution in [2.45, 2.75) is 57.6 Å². The molecular formula is C17H22FNO3. The predicted octanol–water partition coefficient (Wildman–Crippen LogP) is 2.75. The van der Waals surface area contributed by atoms with Gasteiger partial charge in [0.25, 0.3) is 5.91 Å². The van der Waals surface area contributed by atoms with Gasteiger partial charge in [-0.15, -0.1) is 0 Å². The molecule has 0 unspecified atom stereocenters. The Balaban J connectivity index is 1.77. The van der Waals surface area contributed by atoms with E-state index in [4.69, 9.17) is 4.74 Å². The van der Waals surface area contributed by atoms with Crippen molar-refractivity contribution in [3.05, 3.63) is 35.6 Å². The maximum atomic E-state index is 12.8. The molecule has 1 fully saturated rings. The molecule has 0 bridgehead atoms. The zero-order chi connectivity index (χ0) is 15.9. The highest BCUT2D eigenvalue weighted by molar-refractivity contribution is 5.84. The van der Waals surface area contributed by atoms with Crippen LogP contribution in [0.4, 0.5) is 4.39 Å². The minimum absolute atomic E-state index is 0.0291. The summed E-state index contributed by atoms with van der Waals surface area (Å²) in [6.07, 6.45) is 4.67. The first-order valence-corrected chi connectivity index (χ1v) is 7.79. The molecule has 4 nitrogen and oxygen atoms in total. The topological polar surface area (TPSA) is 55.4 Å². The third kappa shape index (κ3) is 5.13. The van der Waals surface area contributed by atoms with Gasteiger partial charge in [-0.3, -0.25) is 9.59 Å². The van der Waals surface area contributed by atoms with Crippen molar-refractivity contribution in [2.24, 2.45) is 0 Å². The second kappa shape index (κ2) is 7.92. The molecule has 1 saturated carbocycles. The van der Waals surface area contributed by atoms with E-state index in [0.29, 0.717) is 5.56 Å². The van der Waals surface area contributed by atoms with Crippen LogP contribution in [0.25, 0.3) is 0 Å². The van der Waals surface area contributed by atoms with E-state index < -0.39 is 12.1 Å². The van der Waals surface area contributed by atoms with Crippen LogP contribution in [-0.2, 0) is 20.7 Å². The summed E-state index contributed by atoms with van der Waals surface area (Å²) in [5, 5.41) is 2.93. The van der Waals surface area contributed by atoms with Crippen molar-refractivity contribution < 1.29 is 18.7 Å². The summed E-state index contributed by atoms with van der Waals surface area (Å²) in [6.45, 7) is 1.57. The van der Waals surface area contributed by atoms with Crippen molar-refractivity contribution in [3.63, 3.8) is 0 Å². The summed E-state index contributed by atoms with van der Waals surface area (Å²) in [5.41, 5.74) is 0.659. The van der Waals surface area contributed by atoms with Gasteiger partial charge in [-0.1, -0.05) is 31.4 Å². The van der Waals surface area contributed by atoms with Gasteiger partial charge in [0.2, 0.25) is 0 Å². The maximum Gasteiger partial charge on any atom is 0.311 e. The van der Waals surface area contributed by atoms with Gasteiger partial charge in [-0.05, 0) is 37.5 Å². The molecule has 1 aliphatic rings. The number of rotatable bonds is 5. The molecule has 1 atom stereocenters. The maximum absolute atomic E-state index is 12.8. The van der Waals surface area contributed by atoms with E-state index in [1.165, 1.54) is 30.7 Å². The Morgan fingerprint density at radius 3 is 2.50 bits per heavy atom. The summed E-state index contributed by atoms with van der Waals surface area (Å²) in [6, 6.07) is 5.84. The predicted molar refractivity (Wildman–Crippen MR) is 80.7 cm³/mol. The van der Waals surface area contributed by atoms with Crippen LogP contribution in [0.2, 0.25) is 0 Å². The molecule has 0 aliphatic heterocycles. The molecule has 120 valence electrons. The fraction of sp³-hybridized carbons (Fsp3) is 0.529. The van der Waals surface area contributed by atoms with Crippen LogP contribution in [0.3, 0.4) is 0 Å². The molecule has 1 aliphatic carbocycles. The minimum Gasteiger partial charge on any atom is -0.452 e. The fourth-order valence-corrected chi connectivity index (χ4v) is 2.63. The van der Waals surface area contributed by atoms with Crippen molar-refractivity contribution in [1.29, 1.82) is 0 Å². The number of hydrogen-bond acceptors (Lipinski definition) is 3. The number of hydrogen-bond donors (Lipinski definition) is 1. The van der Waals surface area contributed by atoms with Crippen LogP contribution >= 0.6 is 0 Å². The van der Waals surface area contributed by atoms with Crippen LogP contribution in [0.15, 0.2) is 24.3 Å². The first-order chi connectivity index (χ1) is 10.5. The van der Waals surface area contributed by atoms with Crippen molar-refractivity contribution in [3.8, 4) is 0 Å². The Kier molecular flexibility index (Phi) is 5.92. The van der Waals surface area contributed by atoms with Gasteiger partial charge in [0.05, 0.1) is 6.42 Å². The van der Waals surface area contributed by atoms with Crippen molar-refractivity contribution >= 4 is 11.9 Å². The van der Waals surface area contributed by atoms with Gasteiger partial charge in [0.1, 0.15) is 5.82 Å². The molecule has 1 aromatic rings. The highest BCUT2D eigenvalue weighted by Crippen LogP contribution is 2.17. The average molecular weight is 307 g/mol. The Bertz CT molecular complexity index is 509. The minimum atomic E-state index is -0.810. The number of benzene rings is 1. The lowest BCUT2D eigenvalue weighted by Gasteiger charge is -2.24. The van der Waals surface area contributed by atoms with E-state index in [1.54, 1.807) is 6.92 Å². The van der Waals surface area contributed by atoms with E-state index in [1.807, 2.05) is 0 Å². The van der Waals surface area contributed by atoms with Crippen LogP contribution in [0, 0.1) is 5.82 Å². The monoisotopic (exact) mass is 307 g/mol. The Hall–Kier alpha value is -1.91. The van der Waals surface area contributed by atoms with Gasteiger partial charge < -0.3 is 10.1 Å². The van der Waals surface area contributed by atoms with Crippen LogP contribution < -0.4 is 5.32 Å².